The van der Waals surface area contributed by atoms with Gasteiger partial charge >= 0.3 is 5.91 Å². The van der Waals surface area contributed by atoms with Gasteiger partial charge in [0, 0.05) is 19.7 Å². The fourth-order valence-corrected chi connectivity index (χ4v) is 4.34. The van der Waals surface area contributed by atoms with Crippen molar-refractivity contribution in [1.82, 2.24) is 34.6 Å². The molecule has 0 aliphatic carbocycles. The first-order valence-electron chi connectivity index (χ1n) is 8.07. The molecule has 0 fully saturated rings. The molecule has 1 N–H and O–H groups in total. The molecule has 3 aromatic heterocycles. The number of hydrogen-bond donors (Lipinski definition) is 1. The quantitative estimate of drug-likeness (QED) is 0.662. The molecule has 0 radical (unpaired) electrons. The van der Waals surface area contributed by atoms with Crippen LogP contribution in [0.25, 0.3) is 11.2 Å². The fraction of sp³-hybridized carbons (Fsp3) is 0.333. The Morgan fingerprint density at radius 2 is 2.07 bits per heavy atom. The van der Waals surface area contributed by atoms with Crippen molar-refractivity contribution in [3.05, 3.63) is 30.2 Å². The second kappa shape index (κ2) is 6.23. The van der Waals surface area contributed by atoms with E-state index >= 15 is 0 Å². The number of H-pyrrole nitrogens is 1. The first-order valence-corrected chi connectivity index (χ1v) is 10.00. The van der Waals surface area contributed by atoms with Crippen LogP contribution < -0.4 is 0 Å². The molecule has 3 aromatic rings. The molecule has 0 bridgehead atoms. The minimum absolute atomic E-state index is 0.00141. The lowest BCUT2D eigenvalue weighted by Crippen LogP contribution is -2.37. The number of rotatable bonds is 2. The summed E-state index contributed by atoms with van der Waals surface area (Å²) in [5.74, 6) is -0.815. The predicted molar refractivity (Wildman–Crippen MR) is 94.1 cm³/mol. The zero-order valence-corrected chi connectivity index (χ0v) is 15.4. The molecule has 4 heterocycles. The molecular formula is C15H16N8O3S. The third-order valence-corrected chi connectivity index (χ3v) is 6.04. The molecule has 0 spiro atoms. The number of amides is 2. The Morgan fingerprint density at radius 3 is 2.85 bits per heavy atom. The second-order valence-corrected chi connectivity index (χ2v) is 8.37. The van der Waals surface area contributed by atoms with E-state index in [1.165, 1.54) is 32.0 Å². The molecule has 11 nitrogen and oxygen atoms in total. The van der Waals surface area contributed by atoms with Crippen LogP contribution in [-0.2, 0) is 27.6 Å². The standard InChI is InChI=1S/C15H16N8O3S/c1-9(24)22-3-4-23-10(6-22)11(5-20-23)27(2,26)21-15(25)13-12-14(18-7-16-12)19-8-17-13/h5,7-8H,3-4,6H2,1-2H3,(H,16,17,18,19). The highest BCUT2D eigenvalue weighted by Gasteiger charge is 2.26. The first kappa shape index (κ1) is 17.3. The van der Waals surface area contributed by atoms with Crippen molar-refractivity contribution in [2.45, 2.75) is 24.9 Å². The van der Waals surface area contributed by atoms with Gasteiger partial charge in [0.15, 0.2) is 11.3 Å². The molecule has 12 heteroatoms. The van der Waals surface area contributed by atoms with Crippen molar-refractivity contribution in [1.29, 1.82) is 0 Å². The second-order valence-electron chi connectivity index (χ2n) is 6.14. The summed E-state index contributed by atoms with van der Waals surface area (Å²) < 4.78 is 18.9. The van der Waals surface area contributed by atoms with Gasteiger partial charge in [-0.15, -0.1) is 0 Å². The van der Waals surface area contributed by atoms with Gasteiger partial charge in [0.05, 0.1) is 45.9 Å². The van der Waals surface area contributed by atoms with E-state index in [0.717, 1.165) is 0 Å². The molecule has 1 unspecified atom stereocenters. The molecule has 0 saturated heterocycles. The van der Waals surface area contributed by atoms with Gasteiger partial charge in [-0.05, 0) is 0 Å². The average Bonchev–Trinajstić information content (AvgIpc) is 3.27. The number of carbonyl (C=O) groups is 2. The summed E-state index contributed by atoms with van der Waals surface area (Å²) in [6.07, 6.45) is 5.42. The fourth-order valence-electron chi connectivity index (χ4n) is 2.98. The van der Waals surface area contributed by atoms with Gasteiger partial charge in [-0.3, -0.25) is 14.3 Å². The monoisotopic (exact) mass is 388 g/mol. The largest absolute Gasteiger partial charge is 0.341 e. The van der Waals surface area contributed by atoms with Gasteiger partial charge in [0.2, 0.25) is 5.91 Å². The van der Waals surface area contributed by atoms with Crippen LogP contribution in [0.1, 0.15) is 23.1 Å². The molecule has 1 aliphatic rings. The number of nitrogens with zero attached hydrogens (tertiary/aromatic N) is 7. The van der Waals surface area contributed by atoms with Crippen LogP contribution in [0, 0.1) is 0 Å². The van der Waals surface area contributed by atoms with E-state index < -0.39 is 15.6 Å². The van der Waals surface area contributed by atoms with E-state index in [1.54, 1.807) is 9.58 Å². The van der Waals surface area contributed by atoms with Crippen molar-refractivity contribution < 1.29 is 13.8 Å². The van der Waals surface area contributed by atoms with E-state index in [2.05, 4.69) is 29.4 Å². The number of aromatic nitrogens is 6. The van der Waals surface area contributed by atoms with Gasteiger partial charge < -0.3 is 9.88 Å². The maximum Gasteiger partial charge on any atom is 0.306 e. The van der Waals surface area contributed by atoms with Crippen molar-refractivity contribution >= 4 is 32.7 Å². The zero-order valence-electron chi connectivity index (χ0n) is 14.6. The lowest BCUT2D eigenvalue weighted by Gasteiger charge is -2.27. The highest BCUT2D eigenvalue weighted by Crippen LogP contribution is 2.23. The van der Waals surface area contributed by atoms with Gasteiger partial charge in [0.1, 0.15) is 11.8 Å². The molecule has 140 valence electrons. The Hall–Kier alpha value is -3.15. The third kappa shape index (κ3) is 2.97. The van der Waals surface area contributed by atoms with E-state index in [0.29, 0.717) is 34.8 Å². The van der Waals surface area contributed by atoms with Crippen LogP contribution in [0.4, 0.5) is 0 Å². The van der Waals surface area contributed by atoms with Gasteiger partial charge in [-0.25, -0.2) is 19.2 Å². The summed E-state index contributed by atoms with van der Waals surface area (Å²) in [7, 11) is -3.10. The van der Waals surface area contributed by atoms with Gasteiger partial charge in [-0.1, -0.05) is 0 Å². The molecule has 27 heavy (non-hydrogen) atoms. The van der Waals surface area contributed by atoms with Crippen LogP contribution in [0.5, 0.6) is 0 Å². The summed E-state index contributed by atoms with van der Waals surface area (Å²) >= 11 is 0. The maximum atomic E-state index is 13.2. The number of nitrogens with one attached hydrogen (secondary N) is 1. The lowest BCUT2D eigenvalue weighted by atomic mass is 10.3. The normalized spacial score (nSPS) is 16.0. The van der Waals surface area contributed by atoms with E-state index in [9.17, 15) is 13.8 Å². The van der Waals surface area contributed by atoms with E-state index in [-0.39, 0.29) is 18.1 Å². The molecule has 0 aromatic carbocycles. The minimum atomic E-state index is -3.10. The Bertz CT molecular complexity index is 1190. The lowest BCUT2D eigenvalue weighted by molar-refractivity contribution is -0.130. The average molecular weight is 388 g/mol. The molecule has 0 saturated carbocycles. The molecule has 4 rings (SSSR count). The summed E-state index contributed by atoms with van der Waals surface area (Å²) in [6, 6.07) is 0. The van der Waals surface area contributed by atoms with Crippen molar-refractivity contribution in [3.63, 3.8) is 0 Å². The van der Waals surface area contributed by atoms with Crippen LogP contribution in [0.3, 0.4) is 0 Å². The number of fused-ring (bicyclic) bond motifs is 2. The zero-order chi connectivity index (χ0) is 19.2. The number of carbonyl (C=O) groups excluding carboxylic acids is 2. The highest BCUT2D eigenvalue weighted by atomic mass is 32.2. The molecule has 2 amide bonds. The Labute approximate surface area is 154 Å². The first-order chi connectivity index (χ1) is 12.9. The topological polar surface area (TPSA) is 139 Å². The van der Waals surface area contributed by atoms with Crippen molar-refractivity contribution in [2.24, 2.45) is 4.36 Å². The van der Waals surface area contributed by atoms with Crippen LogP contribution >= 0.6 is 0 Å². The summed E-state index contributed by atoms with van der Waals surface area (Å²) in [5.41, 5.74) is 1.28. The van der Waals surface area contributed by atoms with E-state index in [1.807, 2.05) is 0 Å². The molecule has 1 atom stereocenters. The minimum Gasteiger partial charge on any atom is -0.341 e. The molecule has 1 aliphatic heterocycles. The predicted octanol–water partition coefficient (Wildman–Crippen LogP) is 0.209. The summed E-state index contributed by atoms with van der Waals surface area (Å²) in [4.78, 5) is 40.9. The third-order valence-electron chi connectivity index (χ3n) is 4.37. The summed E-state index contributed by atoms with van der Waals surface area (Å²) in [6.45, 7) is 2.79. The van der Waals surface area contributed by atoms with Gasteiger partial charge in [-0.2, -0.15) is 9.46 Å². The SMILES string of the molecule is CC(=O)N1CCn2ncc(S(C)(=O)=NC(=O)c3ncnc4nc[nH]c34)c2C1. The van der Waals surface area contributed by atoms with Crippen LogP contribution in [-0.4, -0.2) is 63.4 Å². The van der Waals surface area contributed by atoms with E-state index in [4.69, 9.17) is 0 Å². The van der Waals surface area contributed by atoms with Crippen molar-refractivity contribution in [2.75, 3.05) is 12.8 Å². The Kier molecular flexibility index (Phi) is 3.98. The summed E-state index contributed by atoms with van der Waals surface area (Å²) in [5, 5.41) is 4.22. The number of aromatic amines is 1. The van der Waals surface area contributed by atoms with Crippen LogP contribution in [0.2, 0.25) is 0 Å². The molecular weight excluding hydrogens is 372 g/mol. The van der Waals surface area contributed by atoms with Crippen molar-refractivity contribution in [3.8, 4) is 0 Å². The number of imidazole rings is 1. The van der Waals surface area contributed by atoms with Gasteiger partial charge in [0.25, 0.3) is 0 Å². The highest BCUT2D eigenvalue weighted by molar-refractivity contribution is 7.93. The Balaban J connectivity index is 1.75. The smallest absolute Gasteiger partial charge is 0.306 e. The maximum absolute atomic E-state index is 13.2. The van der Waals surface area contributed by atoms with Crippen LogP contribution in [0.15, 0.2) is 28.1 Å². The Morgan fingerprint density at radius 1 is 1.26 bits per heavy atom. The number of hydrogen-bond acceptors (Lipinski definition) is 7.